The Kier molecular flexibility index (Phi) is 6.85. The first-order valence-corrected chi connectivity index (χ1v) is 5.64. The molecule has 0 radical (unpaired) electrons. The van der Waals surface area contributed by atoms with Gasteiger partial charge in [-0.15, -0.1) is 0 Å². The van der Waals surface area contributed by atoms with Gasteiger partial charge in [0.1, 0.15) is 5.76 Å². The number of hydrogen-bond acceptors (Lipinski definition) is 1. The first kappa shape index (κ1) is 14.0. The minimum absolute atomic E-state index is 0.214. The molecule has 0 atom stereocenters. The molecule has 0 spiro atoms. The van der Waals surface area contributed by atoms with Gasteiger partial charge in [0.2, 0.25) is 0 Å². The van der Waals surface area contributed by atoms with Crippen LogP contribution in [0.3, 0.4) is 0 Å². The van der Waals surface area contributed by atoms with Crippen molar-refractivity contribution in [1.82, 2.24) is 0 Å². The molecule has 0 fully saturated rings. The maximum Gasteiger partial charge on any atom is 0.118 e. The maximum absolute atomic E-state index is 5.54. The summed E-state index contributed by atoms with van der Waals surface area (Å²) in [6.45, 7) is 13.2. The lowest BCUT2D eigenvalue weighted by molar-refractivity contribution is 0.219. The molecule has 0 aromatic rings. The maximum atomic E-state index is 5.54. The Bertz CT molecular complexity index is 228. The molecule has 1 heteroatoms. The van der Waals surface area contributed by atoms with Gasteiger partial charge in [-0.25, -0.2) is 0 Å². The molecule has 0 aromatic heterocycles. The highest BCUT2D eigenvalue weighted by Crippen LogP contribution is 2.14. The van der Waals surface area contributed by atoms with Crippen molar-refractivity contribution in [3.05, 3.63) is 36.6 Å². The van der Waals surface area contributed by atoms with Gasteiger partial charge in [0.05, 0.1) is 6.61 Å². The normalized spacial score (nSPS) is 13.2. The first-order valence-electron chi connectivity index (χ1n) is 5.64. The quantitative estimate of drug-likeness (QED) is 0.355. The Morgan fingerprint density at radius 1 is 1.33 bits per heavy atom. The summed E-state index contributed by atoms with van der Waals surface area (Å²) in [7, 11) is 0. The van der Waals surface area contributed by atoms with Gasteiger partial charge in [-0.3, -0.25) is 0 Å². The molecule has 0 rings (SSSR count). The Hall–Kier alpha value is -0.980. The summed E-state index contributed by atoms with van der Waals surface area (Å²) in [6.07, 6.45) is 10.1. The van der Waals surface area contributed by atoms with Crippen molar-refractivity contribution < 1.29 is 4.74 Å². The van der Waals surface area contributed by atoms with E-state index >= 15 is 0 Å². The number of ether oxygens (including phenoxy) is 1. The van der Waals surface area contributed by atoms with Crippen LogP contribution in [0.1, 0.15) is 40.5 Å². The van der Waals surface area contributed by atoms with Crippen molar-refractivity contribution in [2.45, 2.75) is 40.5 Å². The highest BCUT2D eigenvalue weighted by atomic mass is 16.5. The Labute approximate surface area is 94.5 Å². The smallest absolute Gasteiger partial charge is 0.118 e. The van der Waals surface area contributed by atoms with E-state index in [9.17, 15) is 0 Å². The van der Waals surface area contributed by atoms with E-state index in [-0.39, 0.29) is 5.41 Å². The molecule has 0 aliphatic heterocycles. The fraction of sp³-hybridized carbons (Fsp3) is 0.571. The van der Waals surface area contributed by atoms with Gasteiger partial charge in [0.15, 0.2) is 0 Å². The van der Waals surface area contributed by atoms with E-state index in [4.69, 9.17) is 4.74 Å². The van der Waals surface area contributed by atoms with Crippen LogP contribution in [0.15, 0.2) is 36.6 Å². The molecule has 1 nitrogen and oxygen atoms in total. The van der Waals surface area contributed by atoms with E-state index in [0.717, 1.165) is 25.2 Å². The molecular formula is C14H24O. The fourth-order valence-corrected chi connectivity index (χ4v) is 0.941. The Balaban J connectivity index is 4.10. The van der Waals surface area contributed by atoms with Crippen LogP contribution in [-0.4, -0.2) is 6.61 Å². The van der Waals surface area contributed by atoms with Crippen molar-refractivity contribution >= 4 is 0 Å². The van der Waals surface area contributed by atoms with Gasteiger partial charge in [0.25, 0.3) is 0 Å². The topological polar surface area (TPSA) is 9.23 Å². The molecule has 0 heterocycles. The molecule has 0 amide bonds. The molecule has 86 valence electrons. The van der Waals surface area contributed by atoms with Crippen molar-refractivity contribution in [2.24, 2.45) is 5.41 Å². The van der Waals surface area contributed by atoms with E-state index < -0.39 is 0 Å². The fourth-order valence-electron chi connectivity index (χ4n) is 0.941. The summed E-state index contributed by atoms with van der Waals surface area (Å²) in [5.74, 6) is 0.851. The third-order valence-corrected chi connectivity index (χ3v) is 1.82. The molecule has 0 aromatic carbocycles. The summed E-state index contributed by atoms with van der Waals surface area (Å²) in [4.78, 5) is 0. The number of rotatable bonds is 6. The van der Waals surface area contributed by atoms with E-state index in [1.165, 1.54) is 0 Å². The zero-order valence-electron chi connectivity index (χ0n) is 10.5. The zero-order valence-corrected chi connectivity index (χ0v) is 10.5. The minimum atomic E-state index is 0.214. The van der Waals surface area contributed by atoms with E-state index in [2.05, 4.69) is 40.3 Å². The van der Waals surface area contributed by atoms with Crippen LogP contribution in [0.5, 0.6) is 0 Å². The zero-order chi connectivity index (χ0) is 11.7. The Morgan fingerprint density at radius 2 is 2.00 bits per heavy atom. The van der Waals surface area contributed by atoms with Gasteiger partial charge in [-0.1, -0.05) is 52.8 Å². The molecule has 0 N–H and O–H groups in total. The molecular weight excluding hydrogens is 184 g/mol. The van der Waals surface area contributed by atoms with Gasteiger partial charge in [0, 0.05) is 0 Å². The van der Waals surface area contributed by atoms with Crippen LogP contribution in [0.4, 0.5) is 0 Å². The summed E-state index contributed by atoms with van der Waals surface area (Å²) >= 11 is 0. The molecule has 0 bridgehead atoms. The summed E-state index contributed by atoms with van der Waals surface area (Å²) in [5.41, 5.74) is 0.214. The molecule has 0 saturated carbocycles. The summed E-state index contributed by atoms with van der Waals surface area (Å²) in [6, 6.07) is 0. The lowest BCUT2D eigenvalue weighted by Gasteiger charge is -2.10. The first-order chi connectivity index (χ1) is 6.99. The highest BCUT2D eigenvalue weighted by Gasteiger charge is 2.02. The molecule has 0 saturated heterocycles. The van der Waals surface area contributed by atoms with Gasteiger partial charge >= 0.3 is 0 Å². The van der Waals surface area contributed by atoms with Crippen LogP contribution >= 0.6 is 0 Å². The second-order valence-electron chi connectivity index (χ2n) is 4.70. The van der Waals surface area contributed by atoms with Gasteiger partial charge in [-0.05, 0) is 24.0 Å². The molecule has 0 aliphatic rings. The monoisotopic (exact) mass is 208 g/mol. The van der Waals surface area contributed by atoms with E-state index in [1.807, 2.05) is 12.2 Å². The van der Waals surface area contributed by atoms with Crippen LogP contribution in [0.25, 0.3) is 0 Å². The third kappa shape index (κ3) is 9.33. The van der Waals surface area contributed by atoms with E-state index in [0.29, 0.717) is 0 Å². The second-order valence-corrected chi connectivity index (χ2v) is 4.70. The lowest BCUT2D eigenvalue weighted by atomic mass is 9.96. The van der Waals surface area contributed by atoms with Crippen LogP contribution in [0.2, 0.25) is 0 Å². The average Bonchev–Trinajstić information content (AvgIpc) is 2.14. The van der Waals surface area contributed by atoms with Crippen LogP contribution in [0, 0.1) is 5.41 Å². The summed E-state index contributed by atoms with van der Waals surface area (Å²) < 4.78 is 5.54. The van der Waals surface area contributed by atoms with Gasteiger partial charge in [-0.2, -0.15) is 0 Å². The van der Waals surface area contributed by atoms with Crippen LogP contribution < -0.4 is 0 Å². The van der Waals surface area contributed by atoms with Crippen molar-refractivity contribution in [3.8, 4) is 0 Å². The standard InChI is InChI=1S/C14H24O/c1-6-8-12-15-13(7-2)10-9-11-14(3,4)5/h7,9-11H,2,6,8,12H2,1,3-5H3/b11-9+,13-10+. The predicted molar refractivity (Wildman–Crippen MR) is 67.7 cm³/mol. The largest absolute Gasteiger partial charge is 0.494 e. The molecule has 0 aliphatic carbocycles. The molecule has 15 heavy (non-hydrogen) atoms. The van der Waals surface area contributed by atoms with Crippen molar-refractivity contribution in [2.75, 3.05) is 6.61 Å². The SMILES string of the molecule is C=C/C(=C\C=C\C(C)(C)C)OCCCC. The molecule has 0 unspecified atom stereocenters. The van der Waals surface area contributed by atoms with E-state index in [1.54, 1.807) is 6.08 Å². The Morgan fingerprint density at radius 3 is 2.47 bits per heavy atom. The lowest BCUT2D eigenvalue weighted by Crippen LogP contribution is -1.98. The number of unbranched alkanes of at least 4 members (excludes halogenated alkanes) is 1. The average molecular weight is 208 g/mol. The number of allylic oxidation sites excluding steroid dienone is 4. The van der Waals surface area contributed by atoms with Gasteiger partial charge < -0.3 is 4.74 Å². The minimum Gasteiger partial charge on any atom is -0.494 e. The second kappa shape index (κ2) is 7.33. The van der Waals surface area contributed by atoms with Crippen LogP contribution in [-0.2, 0) is 4.74 Å². The highest BCUT2D eigenvalue weighted by molar-refractivity contribution is 5.17. The predicted octanol–water partition coefficient (Wildman–Crippen LogP) is 4.48. The third-order valence-electron chi connectivity index (χ3n) is 1.82. The van der Waals surface area contributed by atoms with Crippen molar-refractivity contribution in [1.29, 1.82) is 0 Å². The van der Waals surface area contributed by atoms with Crippen molar-refractivity contribution in [3.63, 3.8) is 0 Å². The summed E-state index contributed by atoms with van der Waals surface area (Å²) in [5, 5.41) is 0. The number of hydrogen-bond donors (Lipinski definition) is 0.